The SMILES string of the molecule is Cc1cc(N)ccc1Oc1ccc2c(c1)ncn2C(=O)OC(C)(C)C. The van der Waals surface area contributed by atoms with E-state index < -0.39 is 11.7 Å². The van der Waals surface area contributed by atoms with Crippen molar-refractivity contribution >= 4 is 22.8 Å². The van der Waals surface area contributed by atoms with Crippen LogP contribution in [0.3, 0.4) is 0 Å². The molecule has 1 aromatic heterocycles. The number of anilines is 1. The van der Waals surface area contributed by atoms with Crippen molar-refractivity contribution in [3.8, 4) is 11.5 Å². The third-order valence-corrected chi connectivity index (χ3v) is 3.54. The number of hydrogen-bond donors (Lipinski definition) is 1. The molecule has 1 heterocycles. The highest BCUT2D eigenvalue weighted by molar-refractivity contribution is 5.87. The molecule has 0 amide bonds. The predicted octanol–water partition coefficient (Wildman–Crippen LogP) is 4.50. The smallest absolute Gasteiger partial charge is 0.420 e. The number of carbonyl (C=O) groups is 1. The van der Waals surface area contributed by atoms with Crippen molar-refractivity contribution in [2.75, 3.05) is 5.73 Å². The van der Waals surface area contributed by atoms with Gasteiger partial charge in [0.2, 0.25) is 0 Å². The van der Waals surface area contributed by atoms with Gasteiger partial charge in [-0.3, -0.25) is 0 Å². The van der Waals surface area contributed by atoms with Crippen LogP contribution in [0, 0.1) is 6.92 Å². The predicted molar refractivity (Wildman–Crippen MR) is 97.0 cm³/mol. The number of fused-ring (bicyclic) bond motifs is 1. The summed E-state index contributed by atoms with van der Waals surface area (Å²) < 4.78 is 12.7. The third kappa shape index (κ3) is 3.74. The lowest BCUT2D eigenvalue weighted by atomic mass is 10.2. The van der Waals surface area contributed by atoms with E-state index in [2.05, 4.69) is 4.98 Å². The Morgan fingerprint density at radius 3 is 2.60 bits per heavy atom. The van der Waals surface area contributed by atoms with Gasteiger partial charge in [0.1, 0.15) is 23.4 Å². The van der Waals surface area contributed by atoms with E-state index in [1.165, 1.54) is 10.9 Å². The number of rotatable bonds is 2. The Labute approximate surface area is 146 Å². The Balaban J connectivity index is 1.88. The van der Waals surface area contributed by atoms with Crippen molar-refractivity contribution in [2.45, 2.75) is 33.3 Å². The third-order valence-electron chi connectivity index (χ3n) is 3.54. The van der Waals surface area contributed by atoms with Crippen LogP contribution in [-0.4, -0.2) is 21.2 Å². The molecule has 0 bridgehead atoms. The minimum absolute atomic E-state index is 0.460. The highest BCUT2D eigenvalue weighted by Crippen LogP contribution is 2.28. The number of hydrogen-bond acceptors (Lipinski definition) is 5. The first-order valence-corrected chi connectivity index (χ1v) is 7.97. The summed E-state index contributed by atoms with van der Waals surface area (Å²) in [6.07, 6.45) is 0.995. The molecule has 0 radical (unpaired) electrons. The van der Waals surface area contributed by atoms with Crippen LogP contribution in [0.2, 0.25) is 0 Å². The summed E-state index contributed by atoms with van der Waals surface area (Å²) >= 11 is 0. The normalized spacial score (nSPS) is 11.5. The van der Waals surface area contributed by atoms with Gasteiger partial charge in [-0.25, -0.2) is 14.3 Å². The van der Waals surface area contributed by atoms with Gasteiger partial charge in [0.15, 0.2) is 0 Å². The Morgan fingerprint density at radius 1 is 1.16 bits per heavy atom. The van der Waals surface area contributed by atoms with Gasteiger partial charge in [-0.2, -0.15) is 0 Å². The number of benzene rings is 2. The Kier molecular flexibility index (Phi) is 4.12. The molecule has 0 aliphatic carbocycles. The van der Waals surface area contributed by atoms with E-state index in [-0.39, 0.29) is 0 Å². The second-order valence-electron chi connectivity index (χ2n) is 6.87. The standard InChI is InChI=1S/C19H21N3O3/c1-12-9-13(20)5-8-17(12)24-14-6-7-16-15(10-14)21-11-22(16)18(23)25-19(2,3)4/h5-11H,20H2,1-4H3. The lowest BCUT2D eigenvalue weighted by Crippen LogP contribution is -2.26. The number of ether oxygens (including phenoxy) is 2. The zero-order valence-corrected chi connectivity index (χ0v) is 14.7. The van der Waals surface area contributed by atoms with Crippen LogP contribution in [-0.2, 0) is 4.74 Å². The largest absolute Gasteiger partial charge is 0.457 e. The van der Waals surface area contributed by atoms with Gasteiger partial charge >= 0.3 is 6.09 Å². The molecule has 6 nitrogen and oxygen atoms in total. The van der Waals surface area contributed by atoms with Crippen LogP contribution >= 0.6 is 0 Å². The van der Waals surface area contributed by atoms with Gasteiger partial charge in [-0.1, -0.05) is 0 Å². The molecule has 0 fully saturated rings. The fourth-order valence-electron chi connectivity index (χ4n) is 2.43. The molecule has 0 atom stereocenters. The molecular weight excluding hydrogens is 318 g/mol. The van der Waals surface area contributed by atoms with E-state index in [9.17, 15) is 4.79 Å². The number of imidazole rings is 1. The molecule has 0 saturated heterocycles. The Hall–Kier alpha value is -3.02. The molecule has 0 saturated carbocycles. The quantitative estimate of drug-likeness (QED) is 0.695. The monoisotopic (exact) mass is 339 g/mol. The van der Waals surface area contributed by atoms with Gasteiger partial charge in [0, 0.05) is 11.8 Å². The van der Waals surface area contributed by atoms with Crippen molar-refractivity contribution in [3.05, 3.63) is 48.3 Å². The number of aromatic nitrogens is 2. The molecular formula is C19H21N3O3. The fraction of sp³-hybridized carbons (Fsp3) is 0.263. The van der Waals surface area contributed by atoms with E-state index >= 15 is 0 Å². The van der Waals surface area contributed by atoms with Gasteiger partial charge in [-0.15, -0.1) is 0 Å². The van der Waals surface area contributed by atoms with Crippen molar-refractivity contribution in [1.29, 1.82) is 0 Å². The zero-order chi connectivity index (χ0) is 18.2. The van der Waals surface area contributed by atoms with Gasteiger partial charge in [0.25, 0.3) is 0 Å². The van der Waals surface area contributed by atoms with Crippen LogP contribution in [0.1, 0.15) is 26.3 Å². The Morgan fingerprint density at radius 2 is 1.92 bits per heavy atom. The molecule has 0 unspecified atom stereocenters. The maximum absolute atomic E-state index is 12.2. The summed E-state index contributed by atoms with van der Waals surface area (Å²) in [5.74, 6) is 1.36. The highest BCUT2D eigenvalue weighted by Gasteiger charge is 2.19. The summed E-state index contributed by atoms with van der Waals surface area (Å²) in [6.45, 7) is 7.40. The maximum Gasteiger partial charge on any atom is 0.420 e. The van der Waals surface area contributed by atoms with Crippen molar-refractivity contribution in [1.82, 2.24) is 9.55 Å². The summed E-state index contributed by atoms with van der Waals surface area (Å²) in [5.41, 5.74) is 8.14. The minimum Gasteiger partial charge on any atom is -0.457 e. The summed E-state index contributed by atoms with van der Waals surface area (Å²) in [6, 6.07) is 10.8. The van der Waals surface area contributed by atoms with E-state index in [1.54, 1.807) is 24.3 Å². The van der Waals surface area contributed by atoms with Crippen molar-refractivity contribution in [3.63, 3.8) is 0 Å². The van der Waals surface area contributed by atoms with Crippen molar-refractivity contribution in [2.24, 2.45) is 0 Å². The Bertz CT molecular complexity index is 939. The number of aryl methyl sites for hydroxylation is 1. The van der Waals surface area contributed by atoms with Crippen molar-refractivity contribution < 1.29 is 14.3 Å². The van der Waals surface area contributed by atoms with Gasteiger partial charge < -0.3 is 15.2 Å². The second-order valence-corrected chi connectivity index (χ2v) is 6.87. The first-order chi connectivity index (χ1) is 11.7. The number of nitrogen functional groups attached to an aromatic ring is 1. The first kappa shape index (κ1) is 16.8. The first-order valence-electron chi connectivity index (χ1n) is 7.97. The summed E-state index contributed by atoms with van der Waals surface area (Å²) in [7, 11) is 0. The molecule has 2 N–H and O–H groups in total. The number of nitrogens with two attached hydrogens (primary N) is 1. The van der Waals surface area contributed by atoms with E-state index in [4.69, 9.17) is 15.2 Å². The maximum atomic E-state index is 12.2. The molecule has 25 heavy (non-hydrogen) atoms. The minimum atomic E-state index is -0.566. The number of carbonyl (C=O) groups excluding carboxylic acids is 1. The topological polar surface area (TPSA) is 79.4 Å². The van der Waals surface area contributed by atoms with Gasteiger partial charge in [0.05, 0.1) is 11.0 Å². The van der Waals surface area contributed by atoms with Crippen LogP contribution in [0.15, 0.2) is 42.7 Å². The second kappa shape index (κ2) is 6.12. The highest BCUT2D eigenvalue weighted by atomic mass is 16.6. The average molecular weight is 339 g/mol. The van der Waals surface area contributed by atoms with Crippen LogP contribution in [0.5, 0.6) is 11.5 Å². The van der Waals surface area contributed by atoms with E-state index in [0.717, 1.165) is 11.3 Å². The molecule has 0 spiro atoms. The molecule has 0 aliphatic rings. The summed E-state index contributed by atoms with van der Waals surface area (Å²) in [5, 5.41) is 0. The van der Waals surface area contributed by atoms with Gasteiger partial charge in [-0.05, 0) is 63.6 Å². The molecule has 0 aliphatic heterocycles. The lowest BCUT2D eigenvalue weighted by Gasteiger charge is -2.19. The van der Waals surface area contributed by atoms with Crippen LogP contribution in [0.25, 0.3) is 11.0 Å². The van der Waals surface area contributed by atoms with Crippen LogP contribution in [0.4, 0.5) is 10.5 Å². The molecule has 3 aromatic rings. The molecule has 3 rings (SSSR count). The average Bonchev–Trinajstić information content (AvgIpc) is 2.91. The van der Waals surface area contributed by atoms with Crippen LogP contribution < -0.4 is 10.5 Å². The summed E-state index contributed by atoms with van der Waals surface area (Å²) in [4.78, 5) is 16.5. The lowest BCUT2D eigenvalue weighted by molar-refractivity contribution is 0.0543. The fourth-order valence-corrected chi connectivity index (χ4v) is 2.43. The molecule has 2 aromatic carbocycles. The zero-order valence-electron chi connectivity index (χ0n) is 14.7. The van der Waals surface area contributed by atoms with E-state index in [0.29, 0.717) is 22.5 Å². The van der Waals surface area contributed by atoms with E-state index in [1.807, 2.05) is 39.8 Å². The molecule has 6 heteroatoms. The molecule has 130 valence electrons. The number of nitrogens with zero attached hydrogens (tertiary/aromatic N) is 2.